The number of rotatable bonds is 11. The van der Waals surface area contributed by atoms with Crippen LogP contribution in [0.2, 0.25) is 0 Å². The van der Waals surface area contributed by atoms with Crippen LogP contribution in [0.1, 0.15) is 18.1 Å². The number of alkyl halides is 2. The maximum atomic E-state index is 12.2. The number of benzene rings is 2. The van der Waals surface area contributed by atoms with Gasteiger partial charge in [-0.05, 0) is 42.3 Å². The minimum Gasteiger partial charge on any atom is -0.493 e. The number of carbonyl (C=O) groups excluding carboxylic acids is 1. The molecule has 9 heteroatoms. The lowest BCUT2D eigenvalue weighted by Gasteiger charge is -2.16. The first-order valence-electron chi connectivity index (χ1n) is 9.36. The molecule has 0 fully saturated rings. The Bertz CT molecular complexity index is 808. The van der Waals surface area contributed by atoms with E-state index in [0.29, 0.717) is 29.6 Å². The first-order valence-corrected chi connectivity index (χ1v) is 9.36. The summed E-state index contributed by atoms with van der Waals surface area (Å²) in [5, 5.41) is 5.45. The summed E-state index contributed by atoms with van der Waals surface area (Å²) >= 11 is 0. The topological polar surface area (TPSA) is 78.1 Å². The average Bonchev–Trinajstić information content (AvgIpc) is 2.75. The van der Waals surface area contributed by atoms with Crippen molar-refractivity contribution in [1.29, 1.82) is 0 Å². The molecule has 0 aliphatic carbocycles. The monoisotopic (exact) mass is 424 g/mol. The first kappa shape index (κ1) is 23.1. The van der Waals surface area contributed by atoms with Crippen LogP contribution in [0.3, 0.4) is 0 Å². The molecule has 2 aromatic rings. The van der Waals surface area contributed by atoms with Crippen molar-refractivity contribution < 1.29 is 32.5 Å². The molecule has 0 heterocycles. The third kappa shape index (κ3) is 6.98. The van der Waals surface area contributed by atoms with Crippen LogP contribution < -0.4 is 29.6 Å². The van der Waals surface area contributed by atoms with Crippen LogP contribution in [0, 0.1) is 0 Å². The quantitative estimate of drug-likeness (QED) is 0.575. The molecule has 0 aliphatic heterocycles. The van der Waals surface area contributed by atoms with Gasteiger partial charge in [0.25, 0.3) is 6.43 Å². The van der Waals surface area contributed by atoms with E-state index in [-0.39, 0.29) is 19.1 Å². The van der Waals surface area contributed by atoms with Crippen molar-refractivity contribution >= 4 is 6.03 Å². The molecule has 0 bridgehead atoms. The Labute approximate surface area is 174 Å². The van der Waals surface area contributed by atoms with E-state index in [2.05, 4.69) is 10.6 Å². The van der Waals surface area contributed by atoms with Gasteiger partial charge in [-0.25, -0.2) is 13.6 Å². The number of halogens is 2. The van der Waals surface area contributed by atoms with Crippen molar-refractivity contribution in [2.24, 2.45) is 0 Å². The van der Waals surface area contributed by atoms with E-state index in [1.54, 1.807) is 36.4 Å². The van der Waals surface area contributed by atoms with Crippen LogP contribution in [-0.4, -0.2) is 39.9 Å². The number of methoxy groups -OCH3 is 2. The number of carbonyl (C=O) groups is 1. The lowest BCUT2D eigenvalue weighted by molar-refractivity contribution is 0.0818. The zero-order valence-corrected chi connectivity index (χ0v) is 17.2. The molecular weight excluding hydrogens is 398 g/mol. The lowest BCUT2D eigenvalue weighted by Crippen LogP contribution is -2.34. The van der Waals surface area contributed by atoms with Crippen molar-refractivity contribution in [3.8, 4) is 23.0 Å². The third-order valence-electron chi connectivity index (χ3n) is 3.99. The Morgan fingerprint density at radius 1 is 0.967 bits per heavy atom. The third-order valence-corrected chi connectivity index (χ3v) is 3.99. The zero-order chi connectivity index (χ0) is 21.9. The fourth-order valence-electron chi connectivity index (χ4n) is 2.65. The number of hydrogen-bond acceptors (Lipinski definition) is 5. The van der Waals surface area contributed by atoms with Crippen molar-refractivity contribution in [2.75, 3.05) is 27.4 Å². The van der Waals surface area contributed by atoms with E-state index in [9.17, 15) is 13.6 Å². The molecule has 30 heavy (non-hydrogen) atoms. The van der Waals surface area contributed by atoms with Crippen molar-refractivity contribution in [3.63, 3.8) is 0 Å². The summed E-state index contributed by atoms with van der Waals surface area (Å²) in [5.41, 5.74) is 1.49. The molecule has 0 unspecified atom stereocenters. The summed E-state index contributed by atoms with van der Waals surface area (Å²) in [6.45, 7) is 2.10. The summed E-state index contributed by atoms with van der Waals surface area (Å²) in [6, 6.07) is 9.76. The predicted molar refractivity (Wildman–Crippen MR) is 108 cm³/mol. The van der Waals surface area contributed by atoms with Crippen LogP contribution in [0.15, 0.2) is 36.4 Å². The summed E-state index contributed by atoms with van der Waals surface area (Å²) < 4.78 is 45.7. The highest BCUT2D eigenvalue weighted by Gasteiger charge is 2.14. The predicted octanol–water partition coefficient (Wildman–Crippen LogP) is 3.75. The Morgan fingerprint density at radius 3 is 2.17 bits per heavy atom. The molecule has 2 N–H and O–H groups in total. The zero-order valence-electron chi connectivity index (χ0n) is 17.2. The highest BCUT2D eigenvalue weighted by atomic mass is 19.3. The summed E-state index contributed by atoms with van der Waals surface area (Å²) in [5.74, 6) is 1.84. The normalized spacial score (nSPS) is 10.5. The Hall–Kier alpha value is -3.23. The molecule has 2 rings (SSSR count). The van der Waals surface area contributed by atoms with Crippen LogP contribution >= 0.6 is 0 Å². The number of ether oxygens (including phenoxy) is 4. The maximum Gasteiger partial charge on any atom is 0.315 e. The van der Waals surface area contributed by atoms with Gasteiger partial charge in [0.1, 0.15) is 12.4 Å². The van der Waals surface area contributed by atoms with Gasteiger partial charge < -0.3 is 29.6 Å². The van der Waals surface area contributed by atoms with Crippen molar-refractivity contribution in [3.05, 3.63) is 47.5 Å². The van der Waals surface area contributed by atoms with Gasteiger partial charge >= 0.3 is 6.03 Å². The fourth-order valence-corrected chi connectivity index (χ4v) is 2.65. The van der Waals surface area contributed by atoms with Crippen molar-refractivity contribution in [2.45, 2.75) is 26.4 Å². The second kappa shape index (κ2) is 11.7. The van der Waals surface area contributed by atoms with Crippen LogP contribution in [0.5, 0.6) is 23.0 Å². The lowest BCUT2D eigenvalue weighted by atomic mass is 10.1. The van der Waals surface area contributed by atoms with Gasteiger partial charge in [0.05, 0.1) is 20.8 Å². The molecule has 164 valence electrons. The minimum atomic E-state index is -2.54. The van der Waals surface area contributed by atoms with E-state index in [0.717, 1.165) is 11.1 Å². The molecule has 7 nitrogen and oxygen atoms in total. The van der Waals surface area contributed by atoms with Crippen molar-refractivity contribution in [1.82, 2.24) is 10.6 Å². The first-order chi connectivity index (χ1) is 14.5. The van der Waals surface area contributed by atoms with E-state index in [1.807, 2.05) is 6.92 Å². The molecule has 0 saturated heterocycles. The molecule has 0 atom stereocenters. The maximum absolute atomic E-state index is 12.2. The summed E-state index contributed by atoms with van der Waals surface area (Å²) in [7, 11) is 3.06. The largest absolute Gasteiger partial charge is 0.493 e. The molecule has 0 aromatic heterocycles. The molecule has 2 aromatic carbocycles. The molecule has 0 radical (unpaired) electrons. The van der Waals surface area contributed by atoms with E-state index in [1.165, 1.54) is 14.2 Å². The number of amides is 2. The van der Waals surface area contributed by atoms with Gasteiger partial charge in [0.15, 0.2) is 11.5 Å². The highest BCUT2D eigenvalue weighted by molar-refractivity contribution is 5.74. The Morgan fingerprint density at radius 2 is 1.60 bits per heavy atom. The molecule has 0 aliphatic rings. The standard InChI is InChI=1S/C21H26F2N2O5/c1-4-29-20-17(27-2)9-15(10-18(20)28-3)12-25-21(26)24-11-14-6-5-7-16(8-14)30-13-19(22)23/h5-10,19H,4,11-13H2,1-3H3,(H2,24,25,26). The van der Waals surface area contributed by atoms with E-state index >= 15 is 0 Å². The highest BCUT2D eigenvalue weighted by Crippen LogP contribution is 2.38. The van der Waals surface area contributed by atoms with Gasteiger partial charge in [-0.15, -0.1) is 0 Å². The van der Waals surface area contributed by atoms with Gasteiger partial charge in [-0.3, -0.25) is 0 Å². The van der Waals surface area contributed by atoms with E-state index < -0.39 is 13.0 Å². The average molecular weight is 424 g/mol. The van der Waals surface area contributed by atoms with Gasteiger partial charge in [0.2, 0.25) is 5.75 Å². The number of hydrogen-bond donors (Lipinski definition) is 2. The number of nitrogens with one attached hydrogen (secondary N) is 2. The SMILES string of the molecule is CCOc1c(OC)cc(CNC(=O)NCc2cccc(OCC(F)F)c2)cc1OC. The molecular formula is C21H26F2N2O5. The van der Waals surface area contributed by atoms with Gasteiger partial charge in [-0.2, -0.15) is 0 Å². The second-order valence-corrected chi connectivity index (χ2v) is 6.15. The van der Waals surface area contributed by atoms with Crippen LogP contribution in [-0.2, 0) is 13.1 Å². The Kier molecular flexibility index (Phi) is 8.99. The summed E-state index contributed by atoms with van der Waals surface area (Å²) in [4.78, 5) is 12.1. The fraction of sp³-hybridized carbons (Fsp3) is 0.381. The summed E-state index contributed by atoms with van der Waals surface area (Å²) in [6.07, 6.45) is -2.54. The molecule has 0 spiro atoms. The second-order valence-electron chi connectivity index (χ2n) is 6.15. The van der Waals surface area contributed by atoms with Crippen LogP contribution in [0.25, 0.3) is 0 Å². The Balaban J connectivity index is 1.91. The molecule has 0 saturated carbocycles. The minimum absolute atomic E-state index is 0.216. The van der Waals surface area contributed by atoms with Gasteiger partial charge in [-0.1, -0.05) is 12.1 Å². The van der Waals surface area contributed by atoms with Gasteiger partial charge in [0, 0.05) is 13.1 Å². The smallest absolute Gasteiger partial charge is 0.315 e. The number of urea groups is 1. The van der Waals surface area contributed by atoms with Crippen LogP contribution in [0.4, 0.5) is 13.6 Å². The van der Waals surface area contributed by atoms with E-state index in [4.69, 9.17) is 18.9 Å². The molecule has 2 amide bonds.